The van der Waals surface area contributed by atoms with Gasteiger partial charge in [0.1, 0.15) is 17.9 Å². The molecule has 166 valence electrons. The predicted octanol–water partition coefficient (Wildman–Crippen LogP) is 3.38. The smallest absolute Gasteiger partial charge is 0.151 e. The van der Waals surface area contributed by atoms with Crippen LogP contribution in [-0.4, -0.2) is 56.0 Å². The van der Waals surface area contributed by atoms with Gasteiger partial charge in [0.15, 0.2) is 5.82 Å². The van der Waals surface area contributed by atoms with Gasteiger partial charge < -0.3 is 15.4 Å². The first-order chi connectivity index (χ1) is 16.2. The van der Waals surface area contributed by atoms with Crippen molar-refractivity contribution in [2.45, 2.75) is 12.6 Å². The summed E-state index contributed by atoms with van der Waals surface area (Å²) >= 11 is 0. The number of nitrogen functional groups attached to an aromatic ring is 1. The second-order valence-corrected chi connectivity index (χ2v) is 8.60. The van der Waals surface area contributed by atoms with Crippen LogP contribution in [0.5, 0.6) is 0 Å². The average molecular weight is 440 g/mol. The van der Waals surface area contributed by atoms with Crippen LogP contribution < -0.4 is 5.73 Å². The molecule has 1 saturated heterocycles. The SMILES string of the molecule is CN1CCOC(c2cc(-c3ccc4cn(Cc5ccccc5)nc4c3)c3c(N)ncnn23)C1. The van der Waals surface area contributed by atoms with Crippen molar-refractivity contribution in [2.75, 3.05) is 32.5 Å². The van der Waals surface area contributed by atoms with Crippen LogP contribution in [0.15, 0.2) is 67.1 Å². The molecule has 1 atom stereocenters. The summed E-state index contributed by atoms with van der Waals surface area (Å²) in [6.45, 7) is 3.15. The van der Waals surface area contributed by atoms with Gasteiger partial charge in [0.2, 0.25) is 0 Å². The van der Waals surface area contributed by atoms with Crippen LogP contribution >= 0.6 is 0 Å². The maximum absolute atomic E-state index is 6.32. The van der Waals surface area contributed by atoms with Crippen molar-refractivity contribution in [3.05, 3.63) is 78.4 Å². The molecule has 0 aliphatic carbocycles. The van der Waals surface area contributed by atoms with Crippen molar-refractivity contribution >= 4 is 22.2 Å². The van der Waals surface area contributed by atoms with Gasteiger partial charge >= 0.3 is 0 Å². The van der Waals surface area contributed by atoms with Crippen LogP contribution in [0.4, 0.5) is 5.82 Å². The van der Waals surface area contributed by atoms with Gasteiger partial charge in [-0.1, -0.05) is 42.5 Å². The summed E-state index contributed by atoms with van der Waals surface area (Å²) in [5, 5.41) is 10.4. The van der Waals surface area contributed by atoms with E-state index in [9.17, 15) is 0 Å². The lowest BCUT2D eigenvalue weighted by Gasteiger charge is -2.29. The van der Waals surface area contributed by atoms with Gasteiger partial charge in [-0.2, -0.15) is 10.2 Å². The second-order valence-electron chi connectivity index (χ2n) is 8.60. The van der Waals surface area contributed by atoms with Crippen LogP contribution in [-0.2, 0) is 11.3 Å². The minimum Gasteiger partial charge on any atom is -0.382 e. The molecule has 0 saturated carbocycles. The molecular formula is C25H25N7O. The van der Waals surface area contributed by atoms with E-state index in [2.05, 4.69) is 64.6 Å². The monoisotopic (exact) mass is 439 g/mol. The molecule has 8 heteroatoms. The zero-order valence-corrected chi connectivity index (χ0v) is 18.4. The Kier molecular flexibility index (Phi) is 4.82. The predicted molar refractivity (Wildman–Crippen MR) is 128 cm³/mol. The average Bonchev–Trinajstić information content (AvgIpc) is 3.41. The van der Waals surface area contributed by atoms with Gasteiger partial charge in [-0.25, -0.2) is 9.50 Å². The van der Waals surface area contributed by atoms with Gasteiger partial charge in [-0.05, 0) is 30.3 Å². The lowest BCUT2D eigenvalue weighted by atomic mass is 10.0. The van der Waals surface area contributed by atoms with Crippen molar-refractivity contribution in [1.82, 2.24) is 29.3 Å². The number of aromatic nitrogens is 5. The second kappa shape index (κ2) is 7.99. The minimum atomic E-state index is -0.0758. The molecule has 0 radical (unpaired) electrons. The van der Waals surface area contributed by atoms with Gasteiger partial charge in [0.05, 0.1) is 24.4 Å². The van der Waals surface area contributed by atoms with Crippen LogP contribution in [0.2, 0.25) is 0 Å². The topological polar surface area (TPSA) is 86.5 Å². The third-order valence-corrected chi connectivity index (χ3v) is 6.26. The zero-order chi connectivity index (χ0) is 22.4. The molecule has 4 heterocycles. The third-order valence-electron chi connectivity index (χ3n) is 6.26. The molecular weight excluding hydrogens is 414 g/mol. The lowest BCUT2D eigenvalue weighted by Crippen LogP contribution is -2.35. The number of rotatable bonds is 4. The summed E-state index contributed by atoms with van der Waals surface area (Å²) in [7, 11) is 2.11. The summed E-state index contributed by atoms with van der Waals surface area (Å²) in [5.74, 6) is 0.449. The summed E-state index contributed by atoms with van der Waals surface area (Å²) in [4.78, 5) is 6.52. The lowest BCUT2D eigenvalue weighted by molar-refractivity contribution is -0.0239. The van der Waals surface area contributed by atoms with Crippen molar-refractivity contribution < 1.29 is 4.74 Å². The molecule has 2 N–H and O–H groups in total. The van der Waals surface area contributed by atoms with Crippen LogP contribution in [0, 0.1) is 0 Å². The molecule has 6 rings (SSSR count). The van der Waals surface area contributed by atoms with Crippen molar-refractivity contribution in [3.63, 3.8) is 0 Å². The number of likely N-dealkylation sites (N-methyl/N-ethyl adjacent to an activating group) is 1. The van der Waals surface area contributed by atoms with E-state index in [1.54, 1.807) is 0 Å². The van der Waals surface area contributed by atoms with E-state index >= 15 is 0 Å². The molecule has 1 aliphatic heterocycles. The van der Waals surface area contributed by atoms with Crippen LogP contribution in [0.1, 0.15) is 17.4 Å². The summed E-state index contributed by atoms with van der Waals surface area (Å²) in [6, 6.07) is 18.8. The minimum absolute atomic E-state index is 0.0758. The first-order valence-corrected chi connectivity index (χ1v) is 11.1. The number of nitrogens with zero attached hydrogens (tertiary/aromatic N) is 6. The normalized spacial score (nSPS) is 17.2. The Bertz CT molecular complexity index is 1440. The van der Waals surface area contributed by atoms with Crippen molar-refractivity contribution in [1.29, 1.82) is 0 Å². The van der Waals surface area contributed by atoms with E-state index in [0.29, 0.717) is 12.4 Å². The number of nitrogens with two attached hydrogens (primary N) is 1. The fraction of sp³-hybridized carbons (Fsp3) is 0.240. The van der Waals surface area contributed by atoms with E-state index in [4.69, 9.17) is 15.6 Å². The molecule has 0 amide bonds. The summed E-state index contributed by atoms with van der Waals surface area (Å²) in [6.07, 6.45) is 3.50. The van der Waals surface area contributed by atoms with E-state index in [1.807, 2.05) is 27.4 Å². The van der Waals surface area contributed by atoms with E-state index in [0.717, 1.165) is 52.9 Å². The molecule has 1 unspecified atom stereocenters. The number of hydrogen-bond donors (Lipinski definition) is 1. The Morgan fingerprint density at radius 2 is 2.00 bits per heavy atom. The number of fused-ring (bicyclic) bond motifs is 2. The third kappa shape index (κ3) is 3.63. The number of benzene rings is 2. The highest BCUT2D eigenvalue weighted by atomic mass is 16.5. The molecule has 1 aliphatic rings. The molecule has 8 nitrogen and oxygen atoms in total. The van der Waals surface area contributed by atoms with E-state index < -0.39 is 0 Å². The van der Waals surface area contributed by atoms with Gasteiger partial charge in [0, 0.05) is 30.2 Å². The highest BCUT2D eigenvalue weighted by Gasteiger charge is 2.26. The Labute approximate surface area is 191 Å². The Hall–Kier alpha value is -3.75. The van der Waals surface area contributed by atoms with Crippen LogP contribution in [0.25, 0.3) is 27.5 Å². The first kappa shape index (κ1) is 19.9. The number of ether oxygens (including phenoxy) is 1. The molecule has 2 aromatic carbocycles. The first-order valence-electron chi connectivity index (χ1n) is 11.1. The molecule has 33 heavy (non-hydrogen) atoms. The Morgan fingerprint density at radius 1 is 1.12 bits per heavy atom. The molecule has 5 aromatic rings. The highest BCUT2D eigenvalue weighted by Crippen LogP contribution is 2.35. The van der Waals surface area contributed by atoms with Crippen molar-refractivity contribution in [3.8, 4) is 11.1 Å². The Morgan fingerprint density at radius 3 is 2.85 bits per heavy atom. The number of anilines is 1. The largest absolute Gasteiger partial charge is 0.382 e. The molecule has 3 aromatic heterocycles. The molecule has 0 bridgehead atoms. The van der Waals surface area contributed by atoms with Gasteiger partial charge in [-0.15, -0.1) is 0 Å². The zero-order valence-electron chi connectivity index (χ0n) is 18.4. The highest BCUT2D eigenvalue weighted by molar-refractivity contribution is 5.92. The van der Waals surface area contributed by atoms with E-state index in [1.165, 1.54) is 11.9 Å². The summed E-state index contributed by atoms with van der Waals surface area (Å²) < 4.78 is 9.94. The fourth-order valence-corrected chi connectivity index (χ4v) is 4.58. The van der Waals surface area contributed by atoms with E-state index in [-0.39, 0.29) is 6.10 Å². The molecule has 1 fully saturated rings. The maximum atomic E-state index is 6.32. The quantitative estimate of drug-likeness (QED) is 0.462. The van der Waals surface area contributed by atoms with Gasteiger partial charge in [-0.3, -0.25) is 4.68 Å². The standard InChI is InChI=1S/C25H25N7O/c1-30-9-10-33-23(15-30)22-12-20(24-25(26)27-16-28-32(22)24)18-7-8-19-14-31(29-21(19)11-18)13-17-5-3-2-4-6-17/h2-8,11-12,14,16,23H,9-10,13,15H2,1H3,(H2,26,27,28). The fourth-order valence-electron chi connectivity index (χ4n) is 4.58. The maximum Gasteiger partial charge on any atom is 0.151 e. The number of morpholine rings is 1. The van der Waals surface area contributed by atoms with Crippen molar-refractivity contribution in [2.24, 2.45) is 0 Å². The van der Waals surface area contributed by atoms with Gasteiger partial charge in [0.25, 0.3) is 0 Å². The number of hydrogen-bond acceptors (Lipinski definition) is 6. The molecule has 0 spiro atoms. The van der Waals surface area contributed by atoms with Crippen LogP contribution in [0.3, 0.4) is 0 Å². The summed E-state index contributed by atoms with van der Waals surface area (Å²) in [5.41, 5.74) is 12.3. The Balaban J connectivity index is 1.42.